The second-order valence-electron chi connectivity index (χ2n) is 6.14. The van der Waals surface area contributed by atoms with Gasteiger partial charge in [0.25, 0.3) is 0 Å². The predicted octanol–water partition coefficient (Wildman–Crippen LogP) is 4.86. The van der Waals surface area contributed by atoms with E-state index in [1.807, 2.05) is 73.7 Å². The molecule has 0 aliphatic rings. The molecule has 0 aromatic heterocycles. The van der Waals surface area contributed by atoms with Crippen LogP contribution in [0.1, 0.15) is 29.0 Å². The van der Waals surface area contributed by atoms with Crippen molar-refractivity contribution in [3.63, 3.8) is 0 Å². The van der Waals surface area contributed by atoms with Gasteiger partial charge in [-0.15, -0.1) is 0 Å². The quantitative estimate of drug-likeness (QED) is 0.701. The molecule has 25 heavy (non-hydrogen) atoms. The Hall–Kier alpha value is -3.07. The molecule has 0 aliphatic heterocycles. The van der Waals surface area contributed by atoms with Crippen molar-refractivity contribution in [1.29, 1.82) is 0 Å². The summed E-state index contributed by atoms with van der Waals surface area (Å²) in [6.07, 6.45) is 0.259. The molecule has 0 bridgehead atoms. The minimum Gasteiger partial charge on any atom is -0.508 e. The van der Waals surface area contributed by atoms with Crippen molar-refractivity contribution in [2.75, 3.05) is 5.32 Å². The van der Waals surface area contributed by atoms with Gasteiger partial charge in [0, 0.05) is 23.6 Å². The number of anilines is 1. The highest BCUT2D eigenvalue weighted by molar-refractivity contribution is 5.91. The second kappa shape index (κ2) is 7.67. The first-order chi connectivity index (χ1) is 12.1. The molecule has 1 unspecified atom stereocenters. The van der Waals surface area contributed by atoms with E-state index in [2.05, 4.69) is 5.32 Å². The normalized spacial score (nSPS) is 11.7. The van der Waals surface area contributed by atoms with E-state index >= 15 is 0 Å². The maximum absolute atomic E-state index is 12.6. The number of rotatable bonds is 5. The van der Waals surface area contributed by atoms with Gasteiger partial charge in [-0.2, -0.15) is 0 Å². The maximum atomic E-state index is 12.6. The fraction of sp³-hybridized carbons (Fsp3) is 0.136. The molecular formula is C22H21NO2. The highest BCUT2D eigenvalue weighted by Crippen LogP contribution is 2.33. The van der Waals surface area contributed by atoms with Gasteiger partial charge < -0.3 is 10.4 Å². The Morgan fingerprint density at radius 3 is 2.24 bits per heavy atom. The second-order valence-corrected chi connectivity index (χ2v) is 6.14. The van der Waals surface area contributed by atoms with Crippen LogP contribution in [0.3, 0.4) is 0 Å². The van der Waals surface area contributed by atoms with Crippen LogP contribution >= 0.6 is 0 Å². The number of benzene rings is 3. The van der Waals surface area contributed by atoms with Crippen molar-refractivity contribution in [2.24, 2.45) is 0 Å². The third-order valence-electron chi connectivity index (χ3n) is 4.24. The van der Waals surface area contributed by atoms with Gasteiger partial charge in [0.05, 0.1) is 0 Å². The van der Waals surface area contributed by atoms with E-state index in [1.165, 1.54) is 0 Å². The number of hydrogen-bond acceptors (Lipinski definition) is 2. The minimum atomic E-state index is -0.201. The topological polar surface area (TPSA) is 49.3 Å². The summed E-state index contributed by atoms with van der Waals surface area (Å²) < 4.78 is 0. The number of phenolic OH excluding ortho intramolecular Hbond substituents is 1. The number of aromatic hydroxyl groups is 1. The Morgan fingerprint density at radius 1 is 0.920 bits per heavy atom. The van der Waals surface area contributed by atoms with Crippen molar-refractivity contribution in [1.82, 2.24) is 0 Å². The molecule has 3 rings (SSSR count). The molecule has 0 saturated carbocycles. The average Bonchev–Trinajstić information content (AvgIpc) is 2.63. The first kappa shape index (κ1) is 16.8. The molecule has 0 aliphatic carbocycles. The summed E-state index contributed by atoms with van der Waals surface area (Å²) in [5, 5.41) is 13.2. The van der Waals surface area contributed by atoms with Crippen LogP contribution in [-0.2, 0) is 4.79 Å². The van der Waals surface area contributed by atoms with Gasteiger partial charge in [0.15, 0.2) is 0 Å². The summed E-state index contributed by atoms with van der Waals surface area (Å²) in [7, 11) is 0. The van der Waals surface area contributed by atoms with Crippen LogP contribution < -0.4 is 5.32 Å². The number of para-hydroxylation sites is 1. The number of hydrogen-bond donors (Lipinski definition) is 2. The summed E-state index contributed by atoms with van der Waals surface area (Å²) in [6, 6.07) is 24.7. The Labute approximate surface area is 148 Å². The highest BCUT2D eigenvalue weighted by atomic mass is 16.3. The lowest BCUT2D eigenvalue weighted by molar-refractivity contribution is -0.116. The molecule has 3 heteroatoms. The SMILES string of the molecule is Cc1ccc(NC(=O)CC(c2ccccc2)c2ccccc2O)cc1. The fourth-order valence-corrected chi connectivity index (χ4v) is 2.91. The van der Waals surface area contributed by atoms with Gasteiger partial charge in [-0.25, -0.2) is 0 Å². The van der Waals surface area contributed by atoms with Gasteiger partial charge in [0.1, 0.15) is 5.75 Å². The molecule has 3 aromatic carbocycles. The predicted molar refractivity (Wildman–Crippen MR) is 101 cm³/mol. The molecule has 1 atom stereocenters. The van der Waals surface area contributed by atoms with Crippen molar-refractivity contribution < 1.29 is 9.90 Å². The number of carbonyl (C=O) groups is 1. The first-order valence-electron chi connectivity index (χ1n) is 8.33. The largest absolute Gasteiger partial charge is 0.508 e. The first-order valence-corrected chi connectivity index (χ1v) is 8.33. The smallest absolute Gasteiger partial charge is 0.225 e. The van der Waals surface area contributed by atoms with Crippen molar-refractivity contribution in [2.45, 2.75) is 19.3 Å². The van der Waals surface area contributed by atoms with Crippen LogP contribution in [0.5, 0.6) is 5.75 Å². The van der Waals surface area contributed by atoms with Crippen LogP contribution in [0.25, 0.3) is 0 Å². The van der Waals surface area contributed by atoms with Crippen molar-refractivity contribution >= 4 is 11.6 Å². The Balaban J connectivity index is 1.84. The van der Waals surface area contributed by atoms with Gasteiger partial charge in [-0.3, -0.25) is 4.79 Å². The maximum Gasteiger partial charge on any atom is 0.225 e. The van der Waals surface area contributed by atoms with E-state index in [4.69, 9.17) is 0 Å². The lowest BCUT2D eigenvalue weighted by Gasteiger charge is -2.19. The number of amides is 1. The van der Waals surface area contributed by atoms with Gasteiger partial charge in [0.2, 0.25) is 5.91 Å². The highest BCUT2D eigenvalue weighted by Gasteiger charge is 2.20. The Morgan fingerprint density at radius 2 is 1.56 bits per heavy atom. The monoisotopic (exact) mass is 331 g/mol. The third kappa shape index (κ3) is 4.27. The van der Waals surface area contributed by atoms with E-state index in [1.54, 1.807) is 12.1 Å². The van der Waals surface area contributed by atoms with Crippen molar-refractivity contribution in [3.05, 3.63) is 95.6 Å². The molecule has 126 valence electrons. The van der Waals surface area contributed by atoms with Gasteiger partial charge in [-0.1, -0.05) is 66.2 Å². The number of aryl methyl sites for hydroxylation is 1. The van der Waals surface area contributed by atoms with Crippen LogP contribution in [0.15, 0.2) is 78.9 Å². The summed E-state index contributed by atoms with van der Waals surface area (Å²) in [4.78, 5) is 12.6. The van der Waals surface area contributed by atoms with E-state index in [-0.39, 0.29) is 24.0 Å². The minimum absolute atomic E-state index is 0.0824. The molecule has 0 spiro atoms. The Kier molecular flexibility index (Phi) is 5.14. The van der Waals surface area contributed by atoms with Crippen molar-refractivity contribution in [3.8, 4) is 5.75 Å². The molecule has 0 fully saturated rings. The molecule has 0 heterocycles. The zero-order valence-electron chi connectivity index (χ0n) is 14.1. The van der Waals surface area contributed by atoms with Crippen LogP contribution in [-0.4, -0.2) is 11.0 Å². The van der Waals surface area contributed by atoms with E-state index < -0.39 is 0 Å². The van der Waals surface area contributed by atoms with E-state index in [0.29, 0.717) is 0 Å². The molecule has 3 aromatic rings. The standard InChI is InChI=1S/C22H21NO2/c1-16-11-13-18(14-12-16)23-22(25)15-20(17-7-3-2-4-8-17)19-9-5-6-10-21(19)24/h2-14,20,24H,15H2,1H3,(H,23,25). The Bertz CT molecular complexity index is 841. The molecule has 2 N–H and O–H groups in total. The number of carbonyl (C=O) groups excluding carboxylic acids is 1. The van der Waals surface area contributed by atoms with Crippen LogP contribution in [0.2, 0.25) is 0 Å². The number of phenols is 1. The summed E-state index contributed by atoms with van der Waals surface area (Å²) >= 11 is 0. The lowest BCUT2D eigenvalue weighted by atomic mass is 9.87. The van der Waals surface area contributed by atoms with Crippen LogP contribution in [0, 0.1) is 6.92 Å². The molecule has 0 saturated heterocycles. The third-order valence-corrected chi connectivity index (χ3v) is 4.24. The number of nitrogens with one attached hydrogen (secondary N) is 1. The summed E-state index contributed by atoms with van der Waals surface area (Å²) in [6.45, 7) is 2.01. The summed E-state index contributed by atoms with van der Waals surface area (Å²) in [5.41, 5.74) is 3.69. The summed E-state index contributed by atoms with van der Waals surface area (Å²) in [5.74, 6) is -0.0757. The average molecular weight is 331 g/mol. The molecular weight excluding hydrogens is 310 g/mol. The lowest BCUT2D eigenvalue weighted by Crippen LogP contribution is -2.16. The molecule has 3 nitrogen and oxygen atoms in total. The van der Waals surface area contributed by atoms with E-state index in [9.17, 15) is 9.90 Å². The van der Waals surface area contributed by atoms with Gasteiger partial charge in [-0.05, 0) is 30.7 Å². The zero-order chi connectivity index (χ0) is 17.6. The van der Waals surface area contributed by atoms with Gasteiger partial charge >= 0.3 is 0 Å². The van der Waals surface area contributed by atoms with Crippen LogP contribution in [0.4, 0.5) is 5.69 Å². The van der Waals surface area contributed by atoms with E-state index in [0.717, 1.165) is 22.4 Å². The fourth-order valence-electron chi connectivity index (χ4n) is 2.91. The molecule has 0 radical (unpaired) electrons. The molecule has 1 amide bonds. The zero-order valence-corrected chi connectivity index (χ0v) is 14.1.